The summed E-state index contributed by atoms with van der Waals surface area (Å²) in [5, 5.41) is 21.4. The number of rotatable bonds is 2. The van der Waals surface area contributed by atoms with E-state index in [0.29, 0.717) is 92.0 Å². The molecule has 3 saturated heterocycles. The molecule has 19 saturated carbocycles. The van der Waals surface area contributed by atoms with E-state index < -0.39 is 8.32 Å². The number of fused-ring (bicyclic) bond motifs is 28. The summed E-state index contributed by atoms with van der Waals surface area (Å²) >= 11 is 2.64. The van der Waals surface area contributed by atoms with Crippen molar-refractivity contribution in [3.05, 3.63) is 9.66 Å². The second kappa shape index (κ2) is 34.2. The molecule has 33 atom stereocenters. The molecule has 0 aromatic carbocycles. The minimum Gasteiger partial charge on any atom is -0.413 e. The fourth-order valence-corrected chi connectivity index (χ4v) is 42.0. The van der Waals surface area contributed by atoms with Gasteiger partial charge in [-0.2, -0.15) is 0 Å². The van der Waals surface area contributed by atoms with Crippen molar-refractivity contribution in [1.29, 1.82) is 0 Å². The van der Waals surface area contributed by atoms with Crippen molar-refractivity contribution >= 4 is 48.3 Å². The molecule has 0 bridgehead atoms. The molecule has 125 heavy (non-hydrogen) atoms. The van der Waals surface area contributed by atoms with Crippen molar-refractivity contribution in [1.82, 2.24) is 0 Å². The monoisotopic (exact) mass is 1860 g/mol. The Kier molecular flexibility index (Phi) is 25.5. The van der Waals surface area contributed by atoms with Crippen LogP contribution in [0.25, 0.3) is 0 Å². The van der Waals surface area contributed by atoms with E-state index in [1.165, 1.54) is 218 Å². The number of aliphatic hydroxyl groups is 2. The molecule has 706 valence electrons. The molecule has 3 heterocycles. The molecule has 20 aliphatic carbocycles. The first-order valence-corrected chi connectivity index (χ1v) is 58.2. The number of ether oxygens (including phenoxy) is 6. The SMILES string of the molecule is CC(C)(C)[Si](C)(C)OC1CC[C@H]2[C@@H]3CCC4C(=O)CCC[C@]4(C)C3CC[C@]12C.C[C@]12CCCCC(=O)C1CC[C@@H]1C2CC[C@]2(C)C(O)CC[C@@H]12.C[C@]12CCCCC3(OCCO3)C1CC[C@@H]1C2CC[C@]2(C)C(=O)CC[C@@H]12.C[C@]12CCCCC3(OCCO3)C1CC[C@@H]1C2CC[C@]2(C)C(I)=CC[C@@H]12.C[C@]12CCCCC3(OCCO3)C1CC[C@@H]1C2CC[C@]2(C)C(O)CC[C@@H]12. The highest BCUT2D eigenvalue weighted by atomic mass is 127. The van der Waals surface area contributed by atoms with Gasteiger partial charge in [-0.1, -0.05) is 122 Å². The van der Waals surface area contributed by atoms with Crippen LogP contribution in [0.15, 0.2) is 9.66 Å². The maximum atomic E-state index is 12.7. The zero-order valence-corrected chi connectivity index (χ0v) is 85.1. The second-order valence-electron chi connectivity index (χ2n) is 52.6. The van der Waals surface area contributed by atoms with Gasteiger partial charge in [0.25, 0.3) is 0 Å². The third kappa shape index (κ3) is 15.0. The summed E-state index contributed by atoms with van der Waals surface area (Å²) in [6, 6.07) is 0. The number of aliphatic hydroxyl groups excluding tert-OH is 2. The molecule has 3 spiro atoms. The van der Waals surface area contributed by atoms with Crippen LogP contribution in [0, 0.1) is 173 Å². The maximum absolute atomic E-state index is 12.7. The molecule has 12 nitrogen and oxygen atoms in total. The quantitative estimate of drug-likeness (QED) is 0.200. The standard InChI is InChI=1S/C25H44O2Si.C22H33IO2.C22H36O3.C22H34O3.C20H32O2/c1-23(2,3)28(6,7)27-22-13-12-18-17-10-11-20-21(26)9-8-15-24(20,4)19(17)14-16-25(18,22)5;3*1-20-10-3-4-11-22(24-13-14-25-22)18(20)7-5-15-16-6-8-19(23)21(16,2)12-9-17(15)20;1-19-11-4-3-5-17(21)16(19)7-6-13-14-8-9-18(22)20(14,2)12-10-15(13)19/h17-20,22H,8-16H2,1-7H3;8,15-18H,3-7,9-14H2,1-2H3;15-19,23H,3-14H2,1-2H3;15-18H,3-14H2,1-2H3;13-16,18,22H,3-12H2,1-2H3/t17-,18-,19?,20?,22?,24+,25-;15-,16-,17?,18?,20+,21-;15-,16-,17?,18?,19?,20+,21-;15-,16-,17?,18?,20+,21-;13-,14-,15?,16?,18?,19+,20-/m00000/s1. The highest BCUT2D eigenvalue weighted by molar-refractivity contribution is 14.1. The van der Waals surface area contributed by atoms with Gasteiger partial charge in [-0.3, -0.25) is 14.4 Å². The lowest BCUT2D eigenvalue weighted by atomic mass is 9.45. The summed E-state index contributed by atoms with van der Waals surface area (Å²) in [5.74, 6) is 15.2. The van der Waals surface area contributed by atoms with Crippen molar-refractivity contribution in [2.45, 2.75) is 452 Å². The van der Waals surface area contributed by atoms with Crippen LogP contribution < -0.4 is 0 Å². The fraction of sp³-hybridized carbons (Fsp3) is 0.955. The number of carbonyl (C=O) groups is 3. The van der Waals surface area contributed by atoms with Crippen LogP contribution in [0.2, 0.25) is 18.1 Å². The topological polar surface area (TPSA) is 156 Å². The van der Waals surface area contributed by atoms with Gasteiger partial charge in [0.1, 0.15) is 17.3 Å². The molecule has 22 fully saturated rings. The zero-order chi connectivity index (χ0) is 87.9. The minimum atomic E-state index is -1.73. The van der Waals surface area contributed by atoms with Gasteiger partial charge >= 0.3 is 0 Å². The van der Waals surface area contributed by atoms with Gasteiger partial charge < -0.3 is 43.1 Å². The first kappa shape index (κ1) is 93.4. The summed E-state index contributed by atoms with van der Waals surface area (Å²) in [4.78, 5) is 37.9. The number of hydrogen-bond donors (Lipinski definition) is 2. The Bertz CT molecular complexity index is 3860. The summed E-state index contributed by atoms with van der Waals surface area (Å²) in [7, 11) is -1.73. The zero-order valence-electron chi connectivity index (χ0n) is 81.9. The van der Waals surface area contributed by atoms with Crippen LogP contribution in [0.1, 0.15) is 398 Å². The van der Waals surface area contributed by atoms with Gasteiger partial charge in [0, 0.05) is 78.9 Å². The van der Waals surface area contributed by atoms with Crippen molar-refractivity contribution in [2.24, 2.45) is 173 Å². The van der Waals surface area contributed by atoms with E-state index >= 15 is 0 Å². The minimum absolute atomic E-state index is 0.00681. The predicted molar refractivity (Wildman–Crippen MR) is 508 cm³/mol. The van der Waals surface area contributed by atoms with Crippen LogP contribution >= 0.6 is 22.6 Å². The summed E-state index contributed by atoms with van der Waals surface area (Å²) in [6.07, 6.45) is 61.6. The van der Waals surface area contributed by atoms with E-state index in [-0.39, 0.29) is 61.7 Å². The predicted octanol–water partition coefficient (Wildman–Crippen LogP) is 26.7. The Morgan fingerprint density at radius 2 is 0.672 bits per heavy atom. The molecule has 13 unspecified atom stereocenters. The normalized spacial score (nSPS) is 51.7. The van der Waals surface area contributed by atoms with Gasteiger partial charge in [-0.05, 0) is 420 Å². The number of Topliss-reactive ketones (excluding diaryl/α,β-unsaturated/α-hetero) is 3. The highest BCUT2D eigenvalue weighted by Gasteiger charge is 2.70. The fourth-order valence-electron chi connectivity index (χ4n) is 39.6. The van der Waals surface area contributed by atoms with E-state index in [4.69, 9.17) is 32.8 Å². The Labute approximate surface area is 774 Å². The van der Waals surface area contributed by atoms with E-state index in [2.05, 4.69) is 132 Å². The molecule has 14 heteroatoms. The first-order valence-electron chi connectivity index (χ1n) is 54.2. The van der Waals surface area contributed by atoms with Gasteiger partial charge in [-0.25, -0.2) is 0 Å². The second-order valence-corrected chi connectivity index (χ2v) is 58.5. The van der Waals surface area contributed by atoms with Crippen molar-refractivity contribution in [2.75, 3.05) is 39.6 Å². The van der Waals surface area contributed by atoms with Gasteiger partial charge in [-0.15, -0.1) is 0 Å². The molecule has 0 aromatic rings. The molecule has 0 amide bonds. The Balaban J connectivity index is 0.000000102. The summed E-state index contributed by atoms with van der Waals surface area (Å²) < 4.78 is 46.8. The van der Waals surface area contributed by atoms with Crippen molar-refractivity contribution in [3.63, 3.8) is 0 Å². The number of hydrogen-bond acceptors (Lipinski definition) is 12. The summed E-state index contributed by atoms with van der Waals surface area (Å²) in [5.41, 5.74) is 2.84. The molecular formula is C111H179IO12Si. The number of carbonyl (C=O) groups excluding carboxylic acids is 3. The maximum Gasteiger partial charge on any atom is 0.192 e. The van der Waals surface area contributed by atoms with E-state index in [9.17, 15) is 24.6 Å². The Hall–Kier alpha value is -0.663. The Morgan fingerprint density at radius 3 is 1.12 bits per heavy atom. The Morgan fingerprint density at radius 1 is 0.336 bits per heavy atom. The lowest BCUT2D eigenvalue weighted by Crippen LogP contribution is -2.57. The lowest BCUT2D eigenvalue weighted by molar-refractivity contribution is -0.250. The van der Waals surface area contributed by atoms with E-state index in [1.807, 2.05) is 0 Å². The molecule has 0 aromatic heterocycles. The molecule has 23 aliphatic rings. The number of halogens is 1. The number of allylic oxidation sites excluding steroid dienone is 2. The van der Waals surface area contributed by atoms with Gasteiger partial charge in [0.2, 0.25) is 0 Å². The van der Waals surface area contributed by atoms with Crippen LogP contribution in [0.3, 0.4) is 0 Å². The summed E-state index contributed by atoms with van der Waals surface area (Å²) in [6.45, 7) is 41.6. The van der Waals surface area contributed by atoms with E-state index in [1.54, 1.807) is 3.58 Å². The molecule has 23 rings (SSSR count). The third-order valence-electron chi connectivity index (χ3n) is 47.3. The van der Waals surface area contributed by atoms with Crippen LogP contribution in [-0.4, -0.2) is 111 Å². The average molecular weight is 1860 g/mol. The van der Waals surface area contributed by atoms with Crippen LogP contribution in [-0.2, 0) is 47.2 Å². The molecule has 0 radical (unpaired) electrons. The first-order chi connectivity index (χ1) is 59.4. The molecule has 3 aliphatic heterocycles. The smallest absolute Gasteiger partial charge is 0.192 e. The molecular weight excluding hydrogens is 1680 g/mol. The van der Waals surface area contributed by atoms with Crippen molar-refractivity contribution in [3.8, 4) is 0 Å². The van der Waals surface area contributed by atoms with Crippen LogP contribution in [0.4, 0.5) is 0 Å². The average Bonchev–Trinajstić information content (AvgIpc) is 1.77. The number of ketones is 3. The van der Waals surface area contributed by atoms with Gasteiger partial charge in [0.05, 0.1) is 58.0 Å². The highest BCUT2D eigenvalue weighted by Crippen LogP contribution is 2.75. The van der Waals surface area contributed by atoms with Crippen LogP contribution in [0.5, 0.6) is 0 Å². The largest absolute Gasteiger partial charge is 0.413 e. The third-order valence-corrected chi connectivity index (χ3v) is 53.5. The van der Waals surface area contributed by atoms with Crippen molar-refractivity contribution < 1.29 is 57.4 Å². The lowest BCUT2D eigenvalue weighted by Gasteiger charge is -2.60. The van der Waals surface area contributed by atoms with E-state index in [0.717, 1.165) is 206 Å². The molecule has 2 N–H and O–H groups in total. The van der Waals surface area contributed by atoms with Gasteiger partial charge in [0.15, 0.2) is 25.7 Å².